The molecule has 1 heterocycles. The Balaban J connectivity index is 2.11. The maximum Gasteiger partial charge on any atom is 0.255 e. The van der Waals surface area contributed by atoms with Gasteiger partial charge in [0.15, 0.2) is 0 Å². The molecule has 1 atom stereocenters. The van der Waals surface area contributed by atoms with Crippen LogP contribution >= 0.6 is 0 Å². The number of halogens is 1. The van der Waals surface area contributed by atoms with Gasteiger partial charge in [0.1, 0.15) is 6.10 Å². The van der Waals surface area contributed by atoms with Crippen LogP contribution in [0.1, 0.15) is 31.9 Å². The van der Waals surface area contributed by atoms with Crippen molar-refractivity contribution in [1.29, 1.82) is 0 Å². The van der Waals surface area contributed by atoms with Gasteiger partial charge in [-0.15, -0.1) is 0 Å². The van der Waals surface area contributed by atoms with Crippen LogP contribution in [0, 0.1) is 5.82 Å². The summed E-state index contributed by atoms with van der Waals surface area (Å²) >= 11 is 0. The summed E-state index contributed by atoms with van der Waals surface area (Å²) in [4.78, 5) is 7.94. The summed E-state index contributed by atoms with van der Waals surface area (Å²) in [6.45, 7) is 4.63. The van der Waals surface area contributed by atoms with E-state index in [2.05, 4.69) is 15.3 Å². The maximum atomic E-state index is 13.7. The van der Waals surface area contributed by atoms with Crippen LogP contribution in [0.4, 0.5) is 10.3 Å². The molecule has 1 unspecified atom stereocenters. The van der Waals surface area contributed by atoms with Crippen LogP contribution in [0.3, 0.4) is 0 Å². The zero-order chi connectivity index (χ0) is 14.4. The van der Waals surface area contributed by atoms with Gasteiger partial charge in [0.2, 0.25) is 11.8 Å². The molecule has 0 fully saturated rings. The minimum atomic E-state index is -0.560. The standard InChI is InChI=1S/C15H18FN3O/c1-3-9-17-15-18-10-13(16)14(19-15)20-11(2)12-7-5-4-6-8-12/h4-8,10-11H,3,9H2,1-2H3,(H,17,18,19). The number of hydrogen-bond donors (Lipinski definition) is 1. The van der Waals surface area contributed by atoms with Crippen molar-refractivity contribution in [3.05, 3.63) is 47.9 Å². The van der Waals surface area contributed by atoms with Crippen molar-refractivity contribution >= 4 is 5.95 Å². The number of nitrogens with one attached hydrogen (secondary N) is 1. The lowest BCUT2D eigenvalue weighted by molar-refractivity contribution is 0.206. The molecule has 0 aliphatic rings. The van der Waals surface area contributed by atoms with E-state index in [1.807, 2.05) is 44.2 Å². The van der Waals surface area contributed by atoms with Gasteiger partial charge >= 0.3 is 0 Å². The number of ether oxygens (including phenoxy) is 1. The molecule has 0 saturated carbocycles. The van der Waals surface area contributed by atoms with Crippen molar-refractivity contribution in [2.75, 3.05) is 11.9 Å². The molecule has 2 aromatic rings. The highest BCUT2D eigenvalue weighted by Gasteiger charge is 2.13. The van der Waals surface area contributed by atoms with Crippen LogP contribution in [-0.2, 0) is 0 Å². The number of nitrogens with zero attached hydrogens (tertiary/aromatic N) is 2. The number of hydrogen-bond acceptors (Lipinski definition) is 4. The summed E-state index contributed by atoms with van der Waals surface area (Å²) < 4.78 is 19.3. The van der Waals surface area contributed by atoms with Crippen molar-refractivity contribution in [3.63, 3.8) is 0 Å². The molecule has 2 rings (SSSR count). The molecule has 5 heteroatoms. The summed E-state index contributed by atoms with van der Waals surface area (Å²) in [5.41, 5.74) is 0.966. The van der Waals surface area contributed by atoms with Crippen LogP contribution in [0.25, 0.3) is 0 Å². The van der Waals surface area contributed by atoms with Gasteiger partial charge in [-0.25, -0.2) is 4.98 Å². The second-order valence-corrected chi connectivity index (χ2v) is 4.44. The van der Waals surface area contributed by atoms with Crippen molar-refractivity contribution in [2.45, 2.75) is 26.4 Å². The van der Waals surface area contributed by atoms with E-state index in [-0.39, 0.29) is 12.0 Å². The molecule has 4 nitrogen and oxygen atoms in total. The lowest BCUT2D eigenvalue weighted by atomic mass is 10.1. The van der Waals surface area contributed by atoms with Gasteiger partial charge in [0.05, 0.1) is 6.20 Å². The van der Waals surface area contributed by atoms with Crippen LogP contribution < -0.4 is 10.1 Å². The van der Waals surface area contributed by atoms with E-state index >= 15 is 0 Å². The average molecular weight is 275 g/mol. The fourth-order valence-corrected chi connectivity index (χ4v) is 1.72. The Bertz CT molecular complexity index is 548. The topological polar surface area (TPSA) is 47.0 Å². The van der Waals surface area contributed by atoms with Crippen LogP contribution in [0.5, 0.6) is 5.88 Å². The van der Waals surface area contributed by atoms with Gasteiger partial charge in [0.25, 0.3) is 5.88 Å². The molecular formula is C15H18FN3O. The highest BCUT2D eigenvalue weighted by atomic mass is 19.1. The van der Waals surface area contributed by atoms with Gasteiger partial charge in [-0.3, -0.25) is 0 Å². The zero-order valence-corrected chi connectivity index (χ0v) is 11.6. The summed E-state index contributed by atoms with van der Waals surface area (Å²) in [7, 11) is 0. The van der Waals surface area contributed by atoms with Crippen molar-refractivity contribution in [1.82, 2.24) is 9.97 Å². The fraction of sp³-hybridized carbons (Fsp3) is 0.333. The van der Waals surface area contributed by atoms with Crippen LogP contribution in [0.15, 0.2) is 36.5 Å². The molecule has 0 saturated heterocycles. The van der Waals surface area contributed by atoms with Crippen molar-refractivity contribution < 1.29 is 9.13 Å². The van der Waals surface area contributed by atoms with Gasteiger partial charge in [-0.05, 0) is 18.9 Å². The predicted molar refractivity (Wildman–Crippen MR) is 76.3 cm³/mol. The molecule has 1 aromatic carbocycles. The third-order valence-electron chi connectivity index (χ3n) is 2.80. The van der Waals surface area contributed by atoms with E-state index in [0.717, 1.165) is 24.7 Å². The Morgan fingerprint density at radius 3 is 2.75 bits per heavy atom. The zero-order valence-electron chi connectivity index (χ0n) is 11.6. The lowest BCUT2D eigenvalue weighted by Crippen LogP contribution is -2.09. The molecule has 0 spiro atoms. The summed E-state index contributed by atoms with van der Waals surface area (Å²) in [5.74, 6) is -0.215. The van der Waals surface area contributed by atoms with E-state index in [4.69, 9.17) is 4.74 Å². The monoisotopic (exact) mass is 275 g/mol. The molecule has 1 aromatic heterocycles. The quantitative estimate of drug-likeness (QED) is 0.875. The van der Waals surface area contributed by atoms with Gasteiger partial charge in [0, 0.05) is 6.54 Å². The highest BCUT2D eigenvalue weighted by molar-refractivity contribution is 5.29. The largest absolute Gasteiger partial charge is 0.468 e. The van der Waals surface area contributed by atoms with Gasteiger partial charge in [-0.1, -0.05) is 37.3 Å². The predicted octanol–water partition coefficient (Wildman–Crippen LogP) is 3.58. The first kappa shape index (κ1) is 14.2. The smallest absolute Gasteiger partial charge is 0.255 e. The first-order chi connectivity index (χ1) is 9.70. The molecule has 0 aliphatic heterocycles. The molecule has 0 radical (unpaired) electrons. The van der Waals surface area contributed by atoms with E-state index in [1.54, 1.807) is 0 Å². The second kappa shape index (κ2) is 6.84. The second-order valence-electron chi connectivity index (χ2n) is 4.44. The molecule has 20 heavy (non-hydrogen) atoms. The Labute approximate surface area is 118 Å². The van der Waals surface area contributed by atoms with E-state index in [9.17, 15) is 4.39 Å². The minimum absolute atomic E-state index is 0.0324. The Kier molecular flexibility index (Phi) is 4.87. The highest BCUT2D eigenvalue weighted by Crippen LogP contribution is 2.22. The molecule has 0 amide bonds. The van der Waals surface area contributed by atoms with E-state index in [0.29, 0.717) is 5.95 Å². The third-order valence-corrected chi connectivity index (χ3v) is 2.80. The number of benzene rings is 1. The molecule has 1 N–H and O–H groups in total. The fourth-order valence-electron chi connectivity index (χ4n) is 1.72. The molecule has 106 valence electrons. The van der Waals surface area contributed by atoms with Gasteiger partial charge in [-0.2, -0.15) is 9.37 Å². The Morgan fingerprint density at radius 1 is 1.30 bits per heavy atom. The number of aromatic nitrogens is 2. The first-order valence-electron chi connectivity index (χ1n) is 6.68. The first-order valence-corrected chi connectivity index (χ1v) is 6.68. The molecular weight excluding hydrogens is 257 g/mol. The SMILES string of the molecule is CCCNc1ncc(F)c(OC(C)c2ccccc2)n1. The summed E-state index contributed by atoms with van der Waals surface area (Å²) in [6, 6.07) is 9.62. The normalized spacial score (nSPS) is 11.9. The van der Waals surface area contributed by atoms with Crippen molar-refractivity contribution in [3.8, 4) is 5.88 Å². The average Bonchev–Trinajstić information content (AvgIpc) is 2.49. The molecule has 0 bridgehead atoms. The molecule has 0 aliphatic carbocycles. The number of anilines is 1. The minimum Gasteiger partial charge on any atom is -0.468 e. The van der Waals surface area contributed by atoms with Crippen molar-refractivity contribution in [2.24, 2.45) is 0 Å². The van der Waals surface area contributed by atoms with Gasteiger partial charge < -0.3 is 10.1 Å². The van der Waals surface area contributed by atoms with E-state index < -0.39 is 5.82 Å². The summed E-state index contributed by atoms with van der Waals surface area (Å²) in [6.07, 6.45) is 1.79. The lowest BCUT2D eigenvalue weighted by Gasteiger charge is -2.15. The van der Waals surface area contributed by atoms with Crippen LogP contribution in [0.2, 0.25) is 0 Å². The van der Waals surface area contributed by atoms with Crippen LogP contribution in [-0.4, -0.2) is 16.5 Å². The summed E-state index contributed by atoms with van der Waals surface area (Å²) in [5, 5.41) is 3.01. The number of rotatable bonds is 6. The maximum absolute atomic E-state index is 13.7. The van der Waals surface area contributed by atoms with E-state index in [1.165, 1.54) is 0 Å². The Morgan fingerprint density at radius 2 is 2.05 bits per heavy atom. The third kappa shape index (κ3) is 3.66. The Hall–Kier alpha value is -2.17.